The summed E-state index contributed by atoms with van der Waals surface area (Å²) in [6.07, 6.45) is 1.52. The first-order chi connectivity index (χ1) is 9.44. The van der Waals surface area contributed by atoms with Gasteiger partial charge in [0.25, 0.3) is 0 Å². The van der Waals surface area contributed by atoms with Gasteiger partial charge in [0.2, 0.25) is 0 Å². The minimum Gasteiger partial charge on any atom is -0.453 e. The summed E-state index contributed by atoms with van der Waals surface area (Å²) in [6, 6.07) is 10.5. The molecule has 5 heteroatoms. The van der Waals surface area contributed by atoms with Crippen molar-refractivity contribution in [3.63, 3.8) is 0 Å². The molecule has 0 amide bonds. The second-order valence-electron chi connectivity index (χ2n) is 5.85. The number of benzene rings is 1. The molecule has 1 unspecified atom stereocenters. The molecule has 0 saturated heterocycles. The number of ether oxygens (including phenoxy) is 1. The van der Waals surface area contributed by atoms with Gasteiger partial charge in [0.05, 0.1) is 0 Å². The number of hydrogen-bond acceptors (Lipinski definition) is 4. The quantitative estimate of drug-likeness (QED) is 0.909. The first-order valence-corrected chi connectivity index (χ1v) is 6.76. The molecule has 0 aliphatic heterocycles. The standard InChI is InChI=1S/C15H22N4O/c1-15(2,3)17-10-13(12-8-6-5-7-9-12)20-14-16-11-19(4)18-14/h5-9,11,13,17H,10H2,1-4H3. The molecule has 0 radical (unpaired) electrons. The van der Waals surface area contributed by atoms with E-state index in [0.29, 0.717) is 12.6 Å². The Morgan fingerprint density at radius 2 is 1.95 bits per heavy atom. The Bertz CT molecular complexity index is 530. The summed E-state index contributed by atoms with van der Waals surface area (Å²) in [5, 5.41) is 7.64. The van der Waals surface area contributed by atoms with Gasteiger partial charge in [-0.15, -0.1) is 5.10 Å². The Labute approximate surface area is 120 Å². The Hall–Kier alpha value is -1.88. The number of nitrogens with one attached hydrogen (secondary N) is 1. The maximum absolute atomic E-state index is 5.91. The van der Waals surface area contributed by atoms with E-state index in [2.05, 4.69) is 48.3 Å². The molecule has 5 nitrogen and oxygen atoms in total. The molecular formula is C15H22N4O. The van der Waals surface area contributed by atoms with Crippen molar-refractivity contribution >= 4 is 0 Å². The van der Waals surface area contributed by atoms with Crippen molar-refractivity contribution in [3.05, 3.63) is 42.2 Å². The highest BCUT2D eigenvalue weighted by Gasteiger charge is 2.18. The van der Waals surface area contributed by atoms with Crippen LogP contribution in [0.25, 0.3) is 0 Å². The van der Waals surface area contributed by atoms with Gasteiger partial charge in [0.1, 0.15) is 12.4 Å². The van der Waals surface area contributed by atoms with E-state index in [9.17, 15) is 0 Å². The van der Waals surface area contributed by atoms with E-state index in [0.717, 1.165) is 5.56 Å². The van der Waals surface area contributed by atoms with Crippen LogP contribution >= 0.6 is 0 Å². The summed E-state index contributed by atoms with van der Waals surface area (Å²) >= 11 is 0. The average Bonchev–Trinajstić information content (AvgIpc) is 2.80. The summed E-state index contributed by atoms with van der Waals surface area (Å²) < 4.78 is 7.54. The van der Waals surface area contributed by atoms with Gasteiger partial charge in [-0.1, -0.05) is 30.3 Å². The molecule has 0 bridgehead atoms. The molecule has 2 rings (SSSR count). The predicted molar refractivity (Wildman–Crippen MR) is 78.6 cm³/mol. The van der Waals surface area contributed by atoms with Gasteiger partial charge in [0, 0.05) is 19.1 Å². The average molecular weight is 274 g/mol. The van der Waals surface area contributed by atoms with E-state index in [-0.39, 0.29) is 11.6 Å². The highest BCUT2D eigenvalue weighted by atomic mass is 16.5. The molecule has 0 spiro atoms. The number of aromatic nitrogens is 3. The molecule has 1 aromatic heterocycles. The monoisotopic (exact) mass is 274 g/mol. The third kappa shape index (κ3) is 4.35. The maximum Gasteiger partial charge on any atom is 0.336 e. The Morgan fingerprint density at radius 1 is 1.25 bits per heavy atom. The largest absolute Gasteiger partial charge is 0.453 e. The van der Waals surface area contributed by atoms with Crippen LogP contribution in [0.15, 0.2) is 36.7 Å². The molecule has 1 N–H and O–H groups in total. The fourth-order valence-electron chi connectivity index (χ4n) is 1.79. The van der Waals surface area contributed by atoms with E-state index >= 15 is 0 Å². The molecule has 0 fully saturated rings. The van der Waals surface area contributed by atoms with Gasteiger partial charge >= 0.3 is 6.01 Å². The Balaban J connectivity index is 2.11. The van der Waals surface area contributed by atoms with Crippen molar-refractivity contribution < 1.29 is 4.74 Å². The van der Waals surface area contributed by atoms with Crippen LogP contribution in [0, 0.1) is 0 Å². The SMILES string of the molecule is Cn1cnc(OC(CNC(C)(C)C)c2ccccc2)n1. The minimum atomic E-state index is -0.113. The number of rotatable bonds is 5. The first kappa shape index (κ1) is 14.5. The smallest absolute Gasteiger partial charge is 0.336 e. The van der Waals surface area contributed by atoms with Crippen molar-refractivity contribution in [2.75, 3.05) is 6.54 Å². The summed E-state index contributed by atoms with van der Waals surface area (Å²) in [7, 11) is 1.82. The number of hydrogen-bond donors (Lipinski definition) is 1. The zero-order chi connectivity index (χ0) is 14.6. The van der Waals surface area contributed by atoms with Crippen LogP contribution in [0.2, 0.25) is 0 Å². The van der Waals surface area contributed by atoms with Crippen molar-refractivity contribution in [2.24, 2.45) is 7.05 Å². The maximum atomic E-state index is 5.91. The summed E-state index contributed by atoms with van der Waals surface area (Å²) in [6.45, 7) is 7.10. The second kappa shape index (κ2) is 6.05. The zero-order valence-corrected chi connectivity index (χ0v) is 12.5. The second-order valence-corrected chi connectivity index (χ2v) is 5.85. The fourth-order valence-corrected chi connectivity index (χ4v) is 1.79. The van der Waals surface area contributed by atoms with Crippen LogP contribution in [0.5, 0.6) is 6.01 Å². The molecule has 0 aliphatic carbocycles. The molecule has 2 aromatic rings. The number of aryl methyl sites for hydroxylation is 1. The van der Waals surface area contributed by atoms with Crippen molar-refractivity contribution in [1.29, 1.82) is 0 Å². The summed E-state index contributed by atoms with van der Waals surface area (Å²) in [5.74, 6) is 0. The zero-order valence-electron chi connectivity index (χ0n) is 12.5. The van der Waals surface area contributed by atoms with Gasteiger partial charge in [-0.2, -0.15) is 4.98 Å². The van der Waals surface area contributed by atoms with E-state index in [1.807, 2.05) is 25.2 Å². The van der Waals surface area contributed by atoms with Gasteiger partial charge in [-0.25, -0.2) is 0 Å². The van der Waals surface area contributed by atoms with Gasteiger partial charge in [-0.3, -0.25) is 4.68 Å². The summed E-state index contributed by atoms with van der Waals surface area (Å²) in [5.41, 5.74) is 1.14. The van der Waals surface area contributed by atoms with Crippen LogP contribution in [-0.4, -0.2) is 26.8 Å². The van der Waals surface area contributed by atoms with Crippen LogP contribution in [0.1, 0.15) is 32.4 Å². The van der Waals surface area contributed by atoms with Crippen LogP contribution in [-0.2, 0) is 7.05 Å². The molecular weight excluding hydrogens is 252 g/mol. The Kier molecular flexibility index (Phi) is 4.39. The highest BCUT2D eigenvalue weighted by Crippen LogP contribution is 2.19. The molecule has 0 aliphatic rings. The van der Waals surface area contributed by atoms with Crippen molar-refractivity contribution in [3.8, 4) is 6.01 Å². The van der Waals surface area contributed by atoms with E-state index < -0.39 is 0 Å². The van der Waals surface area contributed by atoms with Gasteiger partial charge < -0.3 is 10.1 Å². The van der Waals surface area contributed by atoms with E-state index in [1.54, 1.807) is 11.0 Å². The molecule has 0 saturated carbocycles. The molecule has 108 valence electrons. The van der Waals surface area contributed by atoms with Crippen molar-refractivity contribution in [2.45, 2.75) is 32.4 Å². The fraction of sp³-hybridized carbons (Fsp3) is 0.467. The topological polar surface area (TPSA) is 52.0 Å². The molecule has 20 heavy (non-hydrogen) atoms. The normalized spacial score (nSPS) is 13.2. The van der Waals surface area contributed by atoms with Gasteiger partial charge in [-0.05, 0) is 26.3 Å². The first-order valence-electron chi connectivity index (χ1n) is 6.76. The lowest BCUT2D eigenvalue weighted by Crippen LogP contribution is -2.39. The third-order valence-corrected chi connectivity index (χ3v) is 2.82. The molecule has 1 aromatic carbocycles. The lowest BCUT2D eigenvalue weighted by atomic mass is 10.1. The van der Waals surface area contributed by atoms with Crippen LogP contribution < -0.4 is 10.1 Å². The molecule has 1 heterocycles. The van der Waals surface area contributed by atoms with E-state index in [4.69, 9.17) is 4.74 Å². The van der Waals surface area contributed by atoms with Gasteiger partial charge in [0.15, 0.2) is 0 Å². The van der Waals surface area contributed by atoms with E-state index in [1.165, 1.54) is 0 Å². The van der Waals surface area contributed by atoms with Crippen molar-refractivity contribution in [1.82, 2.24) is 20.1 Å². The van der Waals surface area contributed by atoms with Crippen LogP contribution in [0.3, 0.4) is 0 Å². The summed E-state index contributed by atoms with van der Waals surface area (Å²) in [4.78, 5) is 4.13. The minimum absolute atomic E-state index is 0.0357. The lowest BCUT2D eigenvalue weighted by molar-refractivity contribution is 0.173. The lowest BCUT2D eigenvalue weighted by Gasteiger charge is -2.25. The predicted octanol–water partition coefficient (Wildman–Crippen LogP) is 2.32. The highest BCUT2D eigenvalue weighted by molar-refractivity contribution is 5.19. The Morgan fingerprint density at radius 3 is 2.50 bits per heavy atom. The third-order valence-electron chi connectivity index (χ3n) is 2.82. The van der Waals surface area contributed by atoms with Crippen LogP contribution in [0.4, 0.5) is 0 Å². The number of nitrogens with zero attached hydrogens (tertiary/aromatic N) is 3. The molecule has 1 atom stereocenters.